The first-order valence-electron chi connectivity index (χ1n) is 7.65. The second kappa shape index (κ2) is 6.05. The number of nitrogens with zero attached hydrogens (tertiary/aromatic N) is 2. The Morgan fingerprint density at radius 3 is 2.81 bits per heavy atom. The van der Waals surface area contributed by atoms with Gasteiger partial charge in [0.25, 0.3) is 0 Å². The van der Waals surface area contributed by atoms with Crippen LogP contribution in [0.5, 0.6) is 0 Å². The maximum Gasteiger partial charge on any atom is 0.201 e. The van der Waals surface area contributed by atoms with Crippen molar-refractivity contribution in [1.29, 1.82) is 0 Å². The van der Waals surface area contributed by atoms with E-state index >= 15 is 0 Å². The molecule has 2 atom stereocenters. The van der Waals surface area contributed by atoms with Crippen molar-refractivity contribution in [3.63, 3.8) is 0 Å². The van der Waals surface area contributed by atoms with Crippen LogP contribution in [-0.4, -0.2) is 9.55 Å². The number of hydrogen-bond donors (Lipinski definition) is 1. The number of rotatable bonds is 3. The Hall–Kier alpha value is -0.930. The molecule has 3 nitrogen and oxygen atoms in total. The molecule has 0 saturated heterocycles. The van der Waals surface area contributed by atoms with Crippen LogP contribution in [-0.2, 0) is 6.54 Å². The van der Waals surface area contributed by atoms with Gasteiger partial charge in [0.1, 0.15) is 0 Å². The highest BCUT2D eigenvalue weighted by molar-refractivity contribution is 6.42. The Kier molecular flexibility index (Phi) is 4.32. The Labute approximate surface area is 135 Å². The van der Waals surface area contributed by atoms with E-state index in [0.717, 1.165) is 35.8 Å². The topological polar surface area (TPSA) is 43.8 Å². The zero-order chi connectivity index (χ0) is 15.0. The van der Waals surface area contributed by atoms with Gasteiger partial charge in [-0.2, -0.15) is 0 Å². The maximum atomic E-state index is 6.12. The van der Waals surface area contributed by atoms with Crippen LogP contribution in [0.3, 0.4) is 0 Å². The molecule has 21 heavy (non-hydrogen) atoms. The Morgan fingerprint density at radius 1 is 1.29 bits per heavy atom. The van der Waals surface area contributed by atoms with Gasteiger partial charge < -0.3 is 10.3 Å². The van der Waals surface area contributed by atoms with Gasteiger partial charge in [-0.25, -0.2) is 4.98 Å². The average Bonchev–Trinajstić information content (AvgIpc) is 2.72. The molecule has 0 amide bonds. The highest BCUT2D eigenvalue weighted by Crippen LogP contribution is 2.33. The fraction of sp³-hybridized carbons (Fsp3) is 0.562. The van der Waals surface area contributed by atoms with Crippen LogP contribution < -0.4 is 5.73 Å². The molecule has 1 saturated carbocycles. The lowest BCUT2D eigenvalue weighted by Crippen LogP contribution is -2.16. The van der Waals surface area contributed by atoms with Gasteiger partial charge in [-0.15, -0.1) is 0 Å². The van der Waals surface area contributed by atoms with Gasteiger partial charge >= 0.3 is 0 Å². The van der Waals surface area contributed by atoms with E-state index in [1.165, 1.54) is 25.7 Å². The number of halogens is 2. The number of nitrogen functional groups attached to an aromatic ring is 1. The molecule has 1 aliphatic carbocycles. The highest BCUT2D eigenvalue weighted by Gasteiger charge is 2.19. The Morgan fingerprint density at radius 2 is 2.05 bits per heavy atom. The molecule has 1 aromatic carbocycles. The number of aryl methyl sites for hydroxylation is 1. The van der Waals surface area contributed by atoms with E-state index in [2.05, 4.69) is 16.5 Å². The number of fused-ring (bicyclic) bond motifs is 1. The van der Waals surface area contributed by atoms with Crippen molar-refractivity contribution in [2.24, 2.45) is 11.8 Å². The summed E-state index contributed by atoms with van der Waals surface area (Å²) in [4.78, 5) is 4.39. The summed E-state index contributed by atoms with van der Waals surface area (Å²) in [5, 5.41) is 1.08. The Bertz CT molecular complexity index is 650. The van der Waals surface area contributed by atoms with Crippen LogP contribution in [0, 0.1) is 11.8 Å². The lowest BCUT2D eigenvalue weighted by atomic mass is 9.81. The fourth-order valence-electron chi connectivity index (χ4n) is 3.51. The van der Waals surface area contributed by atoms with Crippen LogP contribution in [0.15, 0.2) is 12.1 Å². The monoisotopic (exact) mass is 325 g/mol. The molecule has 3 rings (SSSR count). The smallest absolute Gasteiger partial charge is 0.201 e. The lowest BCUT2D eigenvalue weighted by Gasteiger charge is -2.26. The molecule has 0 aliphatic heterocycles. The summed E-state index contributed by atoms with van der Waals surface area (Å²) in [5.41, 5.74) is 7.86. The quantitative estimate of drug-likeness (QED) is 0.848. The molecule has 5 heteroatoms. The zero-order valence-electron chi connectivity index (χ0n) is 12.3. The van der Waals surface area contributed by atoms with Gasteiger partial charge in [0.05, 0.1) is 21.1 Å². The molecule has 0 radical (unpaired) electrons. The van der Waals surface area contributed by atoms with Gasteiger partial charge in [0, 0.05) is 6.54 Å². The molecule has 1 aliphatic rings. The normalized spacial score (nSPS) is 22.8. The van der Waals surface area contributed by atoms with Crippen molar-refractivity contribution in [1.82, 2.24) is 9.55 Å². The number of anilines is 1. The number of nitrogens with two attached hydrogens (primary N) is 1. The number of aromatic nitrogens is 2. The number of benzene rings is 1. The molecule has 1 heterocycles. The first-order valence-corrected chi connectivity index (χ1v) is 8.41. The van der Waals surface area contributed by atoms with Gasteiger partial charge in [0.15, 0.2) is 0 Å². The summed E-state index contributed by atoms with van der Waals surface area (Å²) in [6, 6.07) is 3.65. The standard InChI is InChI=1S/C16H21Cl2N3/c1-10-3-2-4-11(7-10)5-6-21-15-9-13(18)12(17)8-14(15)20-16(21)19/h8-11H,2-7H2,1H3,(H2,19,20). The van der Waals surface area contributed by atoms with Gasteiger partial charge in [-0.05, 0) is 36.8 Å². The minimum atomic E-state index is 0.523. The molecule has 1 aromatic heterocycles. The number of imidazole rings is 1. The highest BCUT2D eigenvalue weighted by atomic mass is 35.5. The maximum absolute atomic E-state index is 6.12. The number of hydrogen-bond acceptors (Lipinski definition) is 2. The molecule has 2 N–H and O–H groups in total. The van der Waals surface area contributed by atoms with E-state index in [-0.39, 0.29) is 0 Å². The van der Waals surface area contributed by atoms with E-state index in [1.54, 1.807) is 6.07 Å². The van der Waals surface area contributed by atoms with E-state index < -0.39 is 0 Å². The van der Waals surface area contributed by atoms with E-state index in [1.807, 2.05) is 6.07 Å². The van der Waals surface area contributed by atoms with E-state index in [0.29, 0.717) is 16.0 Å². The van der Waals surface area contributed by atoms with Crippen LogP contribution in [0.1, 0.15) is 39.0 Å². The average molecular weight is 326 g/mol. The Balaban J connectivity index is 1.80. The first-order chi connectivity index (χ1) is 10.0. The SMILES string of the molecule is CC1CCCC(CCn2c(N)nc3cc(Cl)c(Cl)cc32)C1. The molecule has 2 aromatic rings. The molecule has 2 unspecified atom stereocenters. The van der Waals surface area contributed by atoms with Crippen LogP contribution in [0.2, 0.25) is 10.0 Å². The summed E-state index contributed by atoms with van der Waals surface area (Å²) in [6.45, 7) is 3.26. The molecule has 0 spiro atoms. The summed E-state index contributed by atoms with van der Waals surface area (Å²) in [6.07, 6.45) is 6.55. The summed E-state index contributed by atoms with van der Waals surface area (Å²) in [5.74, 6) is 2.20. The van der Waals surface area contributed by atoms with Gasteiger partial charge in [-0.1, -0.05) is 49.4 Å². The van der Waals surface area contributed by atoms with Gasteiger partial charge in [0.2, 0.25) is 5.95 Å². The van der Waals surface area contributed by atoms with Crippen LogP contribution in [0.25, 0.3) is 11.0 Å². The second-order valence-electron chi connectivity index (χ2n) is 6.30. The predicted octanol–water partition coefficient (Wildman–Crippen LogP) is 5.14. The first kappa shape index (κ1) is 15.0. The van der Waals surface area contributed by atoms with Crippen molar-refractivity contribution in [2.75, 3.05) is 5.73 Å². The lowest BCUT2D eigenvalue weighted by molar-refractivity contribution is 0.262. The fourth-order valence-corrected chi connectivity index (χ4v) is 3.82. The summed E-state index contributed by atoms with van der Waals surface area (Å²) in [7, 11) is 0. The minimum absolute atomic E-state index is 0.523. The molecular weight excluding hydrogens is 305 g/mol. The van der Waals surface area contributed by atoms with Crippen molar-refractivity contribution >= 4 is 40.2 Å². The van der Waals surface area contributed by atoms with E-state index in [4.69, 9.17) is 28.9 Å². The van der Waals surface area contributed by atoms with Gasteiger partial charge in [-0.3, -0.25) is 0 Å². The van der Waals surface area contributed by atoms with Crippen molar-refractivity contribution in [3.8, 4) is 0 Å². The van der Waals surface area contributed by atoms with E-state index in [9.17, 15) is 0 Å². The summed E-state index contributed by atoms with van der Waals surface area (Å²) < 4.78 is 2.07. The molecule has 114 valence electrons. The largest absolute Gasteiger partial charge is 0.369 e. The predicted molar refractivity (Wildman–Crippen MR) is 89.9 cm³/mol. The van der Waals surface area contributed by atoms with Crippen LogP contribution in [0.4, 0.5) is 5.95 Å². The van der Waals surface area contributed by atoms with Crippen LogP contribution >= 0.6 is 23.2 Å². The molecular formula is C16H21Cl2N3. The van der Waals surface area contributed by atoms with Crippen molar-refractivity contribution < 1.29 is 0 Å². The third-order valence-electron chi connectivity index (χ3n) is 4.63. The van der Waals surface area contributed by atoms with Crippen molar-refractivity contribution in [3.05, 3.63) is 22.2 Å². The molecule has 0 bridgehead atoms. The third kappa shape index (κ3) is 3.14. The second-order valence-corrected chi connectivity index (χ2v) is 7.12. The molecule has 1 fully saturated rings. The van der Waals surface area contributed by atoms with Crippen molar-refractivity contribution in [2.45, 2.75) is 45.6 Å². The minimum Gasteiger partial charge on any atom is -0.369 e. The summed E-state index contributed by atoms with van der Waals surface area (Å²) >= 11 is 12.2. The zero-order valence-corrected chi connectivity index (χ0v) is 13.8. The third-order valence-corrected chi connectivity index (χ3v) is 5.35.